The number of rotatable bonds is 10. The van der Waals surface area contributed by atoms with Crippen LogP contribution in [0.25, 0.3) is 273 Å². The molecule has 0 nitrogen and oxygen atoms in total. The van der Waals surface area contributed by atoms with Crippen LogP contribution < -0.4 is 0 Å². The van der Waals surface area contributed by atoms with Crippen molar-refractivity contribution < 1.29 is 0 Å². The predicted molar refractivity (Wildman–Crippen MR) is 616 cm³/mol. The van der Waals surface area contributed by atoms with E-state index in [0.717, 1.165) is 0 Å². The molecule has 0 radical (unpaired) electrons. The Labute approximate surface area is 831 Å². The lowest BCUT2D eigenvalue weighted by molar-refractivity contribution is 0.666. The molecule has 666 valence electrons. The van der Waals surface area contributed by atoms with Crippen molar-refractivity contribution in [1.82, 2.24) is 0 Å². The van der Waals surface area contributed by atoms with Crippen molar-refractivity contribution in [3.8, 4) is 122 Å². The molecule has 1 aliphatic rings. The minimum Gasteiger partial charge on any atom is -0.0622 e. The third-order valence-corrected chi connectivity index (χ3v) is 30.6. The second kappa shape index (κ2) is 34.7. The van der Waals surface area contributed by atoms with E-state index in [1.54, 1.807) is 0 Å². The summed E-state index contributed by atoms with van der Waals surface area (Å²) in [5.41, 5.74) is 30.5. The molecule has 0 saturated carbocycles. The Morgan fingerprint density at radius 2 is 0.343 bits per heavy atom. The molecule has 0 bridgehead atoms. The molecule has 0 spiro atoms. The topological polar surface area (TPSA) is 0 Å². The van der Waals surface area contributed by atoms with Crippen molar-refractivity contribution in [2.75, 3.05) is 0 Å². The monoisotopic (exact) mass is 1810 g/mol. The van der Waals surface area contributed by atoms with Crippen molar-refractivity contribution in [3.63, 3.8) is 0 Å². The van der Waals surface area contributed by atoms with E-state index in [2.05, 4.69) is 548 Å². The largest absolute Gasteiger partial charge is 0.0622 e. The molecule has 0 heteroatoms. The molecule has 143 heavy (non-hydrogen) atoms. The summed E-state index contributed by atoms with van der Waals surface area (Å²) in [5, 5.41) is 35.6. The van der Waals surface area contributed by atoms with Crippen LogP contribution in [0.15, 0.2) is 534 Å². The van der Waals surface area contributed by atoms with E-state index in [0.29, 0.717) is 0 Å². The molecule has 29 rings (SSSR count). The van der Waals surface area contributed by atoms with Gasteiger partial charge in [0.25, 0.3) is 0 Å². The summed E-state index contributed by atoms with van der Waals surface area (Å²) in [6, 6.07) is 197. The SMILES string of the molecule is CC1(C)c2cc(-c3ccc4c(-c5ccc6ccccc6c5)c5ccccc5c(-c5ccc6ccccc6c5)c4c3)ccc2-c2ccc3ccccc3c21.c1ccc(-c2c3ccccc3c(-c3ccc4cc(-c5ccc6ccccc6c5)ccc4c3)c3ccccc23)cc1.c1ccc2cc(-c3c4ccccc4c(-c4ccc(-c5cccc6ccccc56)cc4)c4cc(-c5cccc6ccccc56)ccc34)ccc2c1. The van der Waals surface area contributed by atoms with Crippen molar-refractivity contribution in [3.05, 3.63) is 545 Å². The van der Waals surface area contributed by atoms with Gasteiger partial charge in [-0.25, -0.2) is 0 Å². The summed E-state index contributed by atoms with van der Waals surface area (Å²) in [6.45, 7) is 4.79. The van der Waals surface area contributed by atoms with Crippen LogP contribution >= 0.6 is 0 Å². The smallest absolute Gasteiger partial charge is 0.0165 e. The molecule has 0 aliphatic heterocycles. The van der Waals surface area contributed by atoms with E-state index in [1.807, 2.05) is 0 Å². The number of benzene rings is 28. The first-order valence-corrected chi connectivity index (χ1v) is 49.9. The van der Waals surface area contributed by atoms with Gasteiger partial charge in [0.15, 0.2) is 0 Å². The van der Waals surface area contributed by atoms with Crippen molar-refractivity contribution >= 4 is 151 Å². The summed E-state index contributed by atoms with van der Waals surface area (Å²) in [6.07, 6.45) is 0. The van der Waals surface area contributed by atoms with E-state index in [4.69, 9.17) is 0 Å². The van der Waals surface area contributed by atoms with Gasteiger partial charge in [-0.1, -0.05) is 493 Å². The molecule has 0 saturated heterocycles. The van der Waals surface area contributed by atoms with E-state index >= 15 is 0 Å². The molecule has 0 fully saturated rings. The molecule has 28 aromatic carbocycles. The maximum Gasteiger partial charge on any atom is 0.0165 e. The zero-order valence-corrected chi connectivity index (χ0v) is 79.3. The van der Waals surface area contributed by atoms with Crippen molar-refractivity contribution in [1.29, 1.82) is 0 Å². The average molecular weight is 1810 g/mol. The fourth-order valence-electron chi connectivity index (χ4n) is 23.8. The zero-order valence-electron chi connectivity index (χ0n) is 79.3. The fourth-order valence-corrected chi connectivity index (χ4v) is 23.8. The average Bonchev–Trinajstić information content (AvgIpc) is 1.69. The van der Waals surface area contributed by atoms with Gasteiger partial charge in [-0.2, -0.15) is 0 Å². The lowest BCUT2D eigenvalue weighted by Gasteiger charge is -2.24. The normalized spacial score (nSPS) is 12.2. The predicted octanol–water partition coefficient (Wildman–Crippen LogP) is 40.2. The van der Waals surface area contributed by atoms with Crippen LogP contribution in [-0.4, -0.2) is 0 Å². The van der Waals surface area contributed by atoms with Crippen LogP contribution in [-0.2, 0) is 5.41 Å². The maximum atomic E-state index is 2.46. The maximum absolute atomic E-state index is 2.46. The van der Waals surface area contributed by atoms with Crippen LogP contribution in [0.2, 0.25) is 0 Å². The van der Waals surface area contributed by atoms with Crippen LogP contribution in [0.3, 0.4) is 0 Å². The Balaban J connectivity index is 0.000000108. The van der Waals surface area contributed by atoms with E-state index < -0.39 is 0 Å². The summed E-state index contributed by atoms with van der Waals surface area (Å²) in [4.78, 5) is 0. The van der Waals surface area contributed by atoms with Gasteiger partial charge < -0.3 is 0 Å². The number of hydrogen-bond donors (Lipinski definition) is 0. The molecule has 0 amide bonds. The van der Waals surface area contributed by atoms with Gasteiger partial charge in [0, 0.05) is 5.41 Å². The van der Waals surface area contributed by atoms with Crippen molar-refractivity contribution in [2.45, 2.75) is 19.3 Å². The Kier molecular flexibility index (Phi) is 20.4. The molecule has 0 aromatic heterocycles. The van der Waals surface area contributed by atoms with Gasteiger partial charge in [-0.3, -0.25) is 0 Å². The minimum atomic E-state index is -0.117. The molecular weight excluding hydrogens is 1720 g/mol. The van der Waals surface area contributed by atoms with E-state index in [9.17, 15) is 0 Å². The van der Waals surface area contributed by atoms with Crippen LogP contribution in [0.4, 0.5) is 0 Å². The third-order valence-electron chi connectivity index (χ3n) is 30.6. The van der Waals surface area contributed by atoms with Gasteiger partial charge in [0.2, 0.25) is 0 Å². The molecule has 1 aliphatic carbocycles. The molecular formula is C143H94. The summed E-state index contributed by atoms with van der Waals surface area (Å²) < 4.78 is 0. The van der Waals surface area contributed by atoms with E-state index in [1.165, 1.54) is 284 Å². The summed E-state index contributed by atoms with van der Waals surface area (Å²) in [5.74, 6) is 0. The highest BCUT2D eigenvalue weighted by molar-refractivity contribution is 6.26. The van der Waals surface area contributed by atoms with Gasteiger partial charge in [0.1, 0.15) is 0 Å². The molecule has 0 heterocycles. The van der Waals surface area contributed by atoms with Gasteiger partial charge in [-0.15, -0.1) is 0 Å². The van der Waals surface area contributed by atoms with Gasteiger partial charge in [0.05, 0.1) is 0 Å². The second-order valence-corrected chi connectivity index (χ2v) is 39.1. The minimum absolute atomic E-state index is 0.117. The highest BCUT2D eigenvalue weighted by atomic mass is 14.4. The Morgan fingerprint density at radius 1 is 0.112 bits per heavy atom. The molecule has 0 unspecified atom stereocenters. The van der Waals surface area contributed by atoms with Crippen LogP contribution in [0.1, 0.15) is 25.0 Å². The quantitative estimate of drug-likeness (QED) is 0.120. The Bertz CT molecular complexity index is 10000. The second-order valence-electron chi connectivity index (χ2n) is 39.1. The summed E-state index contributed by atoms with van der Waals surface area (Å²) in [7, 11) is 0. The number of fused-ring (bicyclic) bond motifs is 18. The standard InChI is InChI=1S/C53H36.C50H32.C40H26/c1-53(2)49-32-39(24-26-43(49)47-28-23-35-13-7-8-16-42(35)52(47)53)38-25-27-46-48(31-38)51(41-22-20-34-12-4-6-15-37(34)30-41)45-18-10-9-17-44(45)50(46)40-21-19-33-11-3-5-14-36(33)29-40;1-2-14-38-31-40(28-23-33(38)11-1)50-46-20-8-7-19-45(46)49(37-26-24-36(25-27-37)43-21-9-15-34-12-3-5-17-41(34)43)48-32-39(29-30-47(48)50)44-22-10-16-35-13-4-6-18-42(35)44;1-2-11-28(12-3-1)39-35-14-6-8-16-37(35)40(38-17-9-7-15-36(38)39)34-23-22-32-25-31(20-21-33(32)26-34)30-19-18-27-10-4-5-13-29(27)24-30/h3-32H,1-2H3;1-32H;1-26H. The van der Waals surface area contributed by atoms with E-state index in [-0.39, 0.29) is 5.41 Å². The van der Waals surface area contributed by atoms with Gasteiger partial charge >= 0.3 is 0 Å². The third kappa shape index (κ3) is 14.6. The number of hydrogen-bond acceptors (Lipinski definition) is 0. The first-order valence-electron chi connectivity index (χ1n) is 49.9. The molecule has 0 atom stereocenters. The lowest BCUT2D eigenvalue weighted by atomic mass is 9.79. The fraction of sp³-hybridized carbons (Fsp3) is 0.0210. The molecule has 28 aromatic rings. The first kappa shape index (κ1) is 84.1. The Hall–Kier alpha value is -18.2. The Morgan fingerprint density at radius 3 is 0.769 bits per heavy atom. The zero-order chi connectivity index (χ0) is 94.7. The highest BCUT2D eigenvalue weighted by Crippen LogP contribution is 2.55. The molecule has 0 N–H and O–H groups in total. The van der Waals surface area contributed by atoms with Crippen LogP contribution in [0.5, 0.6) is 0 Å². The van der Waals surface area contributed by atoms with Crippen molar-refractivity contribution in [2.24, 2.45) is 0 Å². The van der Waals surface area contributed by atoms with Gasteiger partial charge in [-0.05, 0) is 339 Å². The first-order chi connectivity index (χ1) is 70.7. The highest BCUT2D eigenvalue weighted by Gasteiger charge is 2.37. The van der Waals surface area contributed by atoms with Crippen LogP contribution in [0, 0.1) is 0 Å². The summed E-state index contributed by atoms with van der Waals surface area (Å²) >= 11 is 0. The lowest BCUT2D eigenvalue weighted by Crippen LogP contribution is -2.15.